The minimum Gasteiger partial charge on any atom is -0.383 e. The molecular weight excluding hydrogens is 360 g/mol. The summed E-state index contributed by atoms with van der Waals surface area (Å²) in [4.78, 5) is 4.05. The first kappa shape index (κ1) is 17.2. The van der Waals surface area contributed by atoms with Crippen LogP contribution in [-0.2, 0) is 0 Å². The second-order valence-electron chi connectivity index (χ2n) is 6.03. The second kappa shape index (κ2) is 7.56. The lowest BCUT2D eigenvalue weighted by Crippen LogP contribution is -1.95. The molecule has 0 radical (unpaired) electrons. The van der Waals surface area contributed by atoms with Crippen LogP contribution in [0.15, 0.2) is 84.9 Å². The Morgan fingerprint density at radius 2 is 0.885 bits per heavy atom. The summed E-state index contributed by atoms with van der Waals surface area (Å²) >= 11 is 3.18. The lowest BCUT2D eigenvalue weighted by atomic mass is 10.1. The van der Waals surface area contributed by atoms with Crippen molar-refractivity contribution in [3.05, 3.63) is 106 Å². The lowest BCUT2D eigenvalue weighted by Gasteiger charge is -2.08. The van der Waals surface area contributed by atoms with Crippen LogP contribution in [0.3, 0.4) is 0 Å². The summed E-state index contributed by atoms with van der Waals surface area (Å²) in [5.74, 6) is 0. The van der Waals surface area contributed by atoms with Gasteiger partial charge in [-0.2, -0.15) is 0 Å². The maximum atomic E-state index is 10.6. The minimum atomic E-state index is -0.607. The topological polar surface area (TPSA) is 40.5 Å². The zero-order chi connectivity index (χ0) is 17.9. The van der Waals surface area contributed by atoms with Crippen molar-refractivity contribution < 1.29 is 10.2 Å². The highest BCUT2D eigenvalue weighted by atomic mass is 32.1. The van der Waals surface area contributed by atoms with E-state index in [9.17, 15) is 10.2 Å². The van der Waals surface area contributed by atoms with E-state index < -0.39 is 12.2 Å². The number of thiophene rings is 2. The Kier molecular flexibility index (Phi) is 5.00. The lowest BCUT2D eigenvalue weighted by molar-refractivity contribution is 0.224. The van der Waals surface area contributed by atoms with Gasteiger partial charge < -0.3 is 10.2 Å². The van der Waals surface area contributed by atoms with Gasteiger partial charge in [0.25, 0.3) is 0 Å². The van der Waals surface area contributed by atoms with Gasteiger partial charge >= 0.3 is 0 Å². The smallest absolute Gasteiger partial charge is 0.113 e. The van der Waals surface area contributed by atoms with Crippen molar-refractivity contribution in [2.24, 2.45) is 0 Å². The third kappa shape index (κ3) is 3.50. The molecule has 2 aromatic heterocycles. The Hall–Kier alpha value is -2.24. The predicted molar refractivity (Wildman–Crippen MR) is 109 cm³/mol. The highest BCUT2D eigenvalue weighted by Crippen LogP contribution is 2.39. The Balaban J connectivity index is 1.56. The first-order valence-electron chi connectivity index (χ1n) is 8.38. The molecule has 0 aliphatic carbocycles. The molecule has 4 rings (SSSR count). The first-order chi connectivity index (χ1) is 12.7. The zero-order valence-corrected chi connectivity index (χ0v) is 15.6. The number of benzene rings is 2. The highest BCUT2D eigenvalue weighted by Gasteiger charge is 2.16. The minimum absolute atomic E-state index is 0.607. The van der Waals surface area contributed by atoms with Crippen LogP contribution in [0, 0.1) is 0 Å². The van der Waals surface area contributed by atoms with E-state index in [1.54, 1.807) is 22.7 Å². The van der Waals surface area contributed by atoms with Crippen LogP contribution in [0.5, 0.6) is 0 Å². The summed E-state index contributed by atoms with van der Waals surface area (Å²) < 4.78 is 0. The van der Waals surface area contributed by atoms with Crippen molar-refractivity contribution in [3.63, 3.8) is 0 Å². The summed E-state index contributed by atoms with van der Waals surface area (Å²) in [6, 6.07) is 27.4. The molecule has 0 amide bonds. The Morgan fingerprint density at radius 1 is 0.500 bits per heavy atom. The van der Waals surface area contributed by atoms with Crippen LogP contribution in [0.25, 0.3) is 9.75 Å². The molecule has 0 fully saturated rings. The molecule has 2 N–H and O–H groups in total. The van der Waals surface area contributed by atoms with Crippen molar-refractivity contribution in [3.8, 4) is 9.75 Å². The van der Waals surface area contributed by atoms with Gasteiger partial charge in [0.1, 0.15) is 12.2 Å². The molecule has 0 aliphatic heterocycles. The number of hydrogen-bond donors (Lipinski definition) is 2. The number of hydrogen-bond acceptors (Lipinski definition) is 4. The normalized spacial score (nSPS) is 13.5. The number of aliphatic hydroxyl groups is 2. The molecular formula is C22H18O2S2. The standard InChI is InChI=1S/C22H18O2S2/c23-21(15-7-3-1-4-8-15)19-13-11-17(25-19)18-12-14-20(26-18)22(24)16-9-5-2-6-10-16/h1-14,21-24H. The molecule has 26 heavy (non-hydrogen) atoms. The van der Waals surface area contributed by atoms with Crippen LogP contribution in [-0.4, -0.2) is 10.2 Å². The summed E-state index contributed by atoms with van der Waals surface area (Å²) in [5, 5.41) is 21.1. The number of aliphatic hydroxyl groups excluding tert-OH is 2. The van der Waals surface area contributed by atoms with E-state index in [1.165, 1.54) is 0 Å². The fraction of sp³-hybridized carbons (Fsp3) is 0.0909. The largest absolute Gasteiger partial charge is 0.383 e. The molecule has 0 bridgehead atoms. The van der Waals surface area contributed by atoms with E-state index in [2.05, 4.69) is 0 Å². The van der Waals surface area contributed by atoms with Crippen molar-refractivity contribution in [1.82, 2.24) is 0 Å². The monoisotopic (exact) mass is 378 g/mol. The van der Waals surface area contributed by atoms with Gasteiger partial charge in [-0.3, -0.25) is 0 Å². The molecule has 4 aromatic rings. The van der Waals surface area contributed by atoms with Gasteiger partial charge in [-0.05, 0) is 35.4 Å². The number of rotatable bonds is 5. The molecule has 2 nitrogen and oxygen atoms in total. The van der Waals surface area contributed by atoms with Crippen molar-refractivity contribution >= 4 is 22.7 Å². The average molecular weight is 379 g/mol. The fourth-order valence-corrected chi connectivity index (χ4v) is 5.00. The zero-order valence-electron chi connectivity index (χ0n) is 13.9. The molecule has 0 spiro atoms. The van der Waals surface area contributed by atoms with Crippen molar-refractivity contribution in [2.75, 3.05) is 0 Å². The van der Waals surface area contributed by atoms with Gasteiger partial charge in [-0.25, -0.2) is 0 Å². The van der Waals surface area contributed by atoms with Gasteiger partial charge in [0, 0.05) is 19.5 Å². The fourth-order valence-electron chi connectivity index (χ4n) is 2.86. The van der Waals surface area contributed by atoms with Gasteiger partial charge in [-0.15, -0.1) is 22.7 Å². The molecule has 0 saturated heterocycles. The van der Waals surface area contributed by atoms with Gasteiger partial charge in [-0.1, -0.05) is 60.7 Å². The maximum Gasteiger partial charge on any atom is 0.113 e. The van der Waals surface area contributed by atoms with E-state index in [0.29, 0.717) is 0 Å². The Bertz CT molecular complexity index is 892. The third-order valence-corrected chi connectivity index (χ3v) is 6.74. The van der Waals surface area contributed by atoms with Gasteiger partial charge in [0.2, 0.25) is 0 Å². The van der Waals surface area contributed by atoms with Gasteiger partial charge in [0.05, 0.1) is 0 Å². The van der Waals surface area contributed by atoms with Crippen LogP contribution >= 0.6 is 22.7 Å². The summed E-state index contributed by atoms with van der Waals surface area (Å²) in [5.41, 5.74) is 1.79. The molecule has 0 aliphatic rings. The molecule has 2 unspecified atom stereocenters. The molecule has 4 heteroatoms. The van der Waals surface area contributed by atoms with Gasteiger partial charge in [0.15, 0.2) is 0 Å². The Labute approximate surface area is 160 Å². The summed E-state index contributed by atoms with van der Waals surface area (Å²) in [6.07, 6.45) is -1.21. The highest BCUT2D eigenvalue weighted by molar-refractivity contribution is 7.22. The predicted octanol–water partition coefficient (Wildman–Crippen LogP) is 5.64. The first-order valence-corrected chi connectivity index (χ1v) is 10.0. The van der Waals surface area contributed by atoms with E-state index in [4.69, 9.17) is 0 Å². The van der Waals surface area contributed by atoms with E-state index in [-0.39, 0.29) is 0 Å². The average Bonchev–Trinajstić information content (AvgIpc) is 3.38. The van der Waals surface area contributed by atoms with Crippen LogP contribution in [0.4, 0.5) is 0 Å². The summed E-state index contributed by atoms with van der Waals surface area (Å²) in [6.45, 7) is 0. The quantitative estimate of drug-likeness (QED) is 0.472. The second-order valence-corrected chi connectivity index (χ2v) is 8.26. The van der Waals surface area contributed by atoms with Crippen LogP contribution in [0.1, 0.15) is 33.1 Å². The molecule has 2 atom stereocenters. The molecule has 130 valence electrons. The van der Waals surface area contributed by atoms with E-state index >= 15 is 0 Å². The Morgan fingerprint density at radius 3 is 1.27 bits per heavy atom. The van der Waals surface area contributed by atoms with E-state index in [0.717, 1.165) is 30.6 Å². The molecule has 2 aromatic carbocycles. The SMILES string of the molecule is OC(c1ccccc1)c1ccc(-c2ccc(C(O)c3ccccc3)s2)s1. The van der Waals surface area contributed by atoms with Crippen molar-refractivity contribution in [2.45, 2.75) is 12.2 Å². The van der Waals surface area contributed by atoms with Crippen LogP contribution in [0.2, 0.25) is 0 Å². The van der Waals surface area contributed by atoms with Crippen molar-refractivity contribution in [1.29, 1.82) is 0 Å². The molecule has 0 saturated carbocycles. The summed E-state index contributed by atoms with van der Waals surface area (Å²) in [7, 11) is 0. The molecule has 2 heterocycles. The van der Waals surface area contributed by atoms with E-state index in [1.807, 2.05) is 84.9 Å². The third-order valence-electron chi connectivity index (χ3n) is 4.27. The van der Waals surface area contributed by atoms with Crippen LogP contribution < -0.4 is 0 Å². The maximum absolute atomic E-state index is 10.6.